The molecule has 0 amide bonds. The van der Waals surface area contributed by atoms with Gasteiger partial charge < -0.3 is 14.0 Å². The van der Waals surface area contributed by atoms with Crippen molar-refractivity contribution in [3.05, 3.63) is 48.6 Å². The molecule has 0 unspecified atom stereocenters. The van der Waals surface area contributed by atoms with Crippen molar-refractivity contribution in [2.24, 2.45) is 0 Å². The zero-order valence-electron chi connectivity index (χ0n) is 14.8. The van der Waals surface area contributed by atoms with E-state index in [4.69, 9.17) is 9.47 Å². The molecule has 0 bridgehead atoms. The molecule has 0 aliphatic heterocycles. The summed E-state index contributed by atoms with van der Waals surface area (Å²) in [5, 5.41) is 0. The standard InChI is InChI=1S/C18H18I2O6S/c1-10(2)13-8-16(11(3)6-17(13)27(22,23)24)25-9-18(21)26-15-5-4-12(19)7-14(15)20/h4-8,10H,9H2,1-3H3,(H,22,23,24)/p-1. The molecule has 0 fully saturated rings. The summed E-state index contributed by atoms with van der Waals surface area (Å²) in [6, 6.07) is 8.18. The van der Waals surface area contributed by atoms with Crippen LogP contribution in [0.1, 0.15) is 30.9 Å². The van der Waals surface area contributed by atoms with E-state index in [9.17, 15) is 17.8 Å². The second-order valence-corrected chi connectivity index (χ2v) is 9.86. The maximum atomic E-state index is 12.1. The minimum absolute atomic E-state index is 0.202. The molecular weight excluding hydrogens is 598 g/mol. The summed E-state index contributed by atoms with van der Waals surface area (Å²) < 4.78 is 47.1. The number of halogens is 2. The summed E-state index contributed by atoms with van der Waals surface area (Å²) in [6.07, 6.45) is 0. The summed E-state index contributed by atoms with van der Waals surface area (Å²) in [7, 11) is -4.60. The van der Waals surface area contributed by atoms with Crippen molar-refractivity contribution in [2.45, 2.75) is 31.6 Å². The Balaban J connectivity index is 2.17. The Morgan fingerprint density at radius 1 is 1.15 bits per heavy atom. The van der Waals surface area contributed by atoms with Gasteiger partial charge in [-0.3, -0.25) is 0 Å². The van der Waals surface area contributed by atoms with Crippen molar-refractivity contribution >= 4 is 61.3 Å². The van der Waals surface area contributed by atoms with Crippen molar-refractivity contribution in [3.8, 4) is 11.5 Å². The van der Waals surface area contributed by atoms with Crippen molar-refractivity contribution in [2.75, 3.05) is 6.61 Å². The first-order valence-corrected chi connectivity index (χ1v) is 11.4. The second kappa shape index (κ2) is 9.05. The van der Waals surface area contributed by atoms with E-state index in [-0.39, 0.29) is 17.4 Å². The fourth-order valence-electron chi connectivity index (χ4n) is 2.35. The molecule has 27 heavy (non-hydrogen) atoms. The third-order valence-corrected chi connectivity index (χ3v) is 6.07. The van der Waals surface area contributed by atoms with Crippen molar-refractivity contribution < 1.29 is 27.2 Å². The van der Waals surface area contributed by atoms with Crippen molar-refractivity contribution in [1.82, 2.24) is 0 Å². The van der Waals surface area contributed by atoms with Gasteiger partial charge in [0.05, 0.1) is 8.47 Å². The van der Waals surface area contributed by atoms with E-state index < -0.39 is 16.1 Å². The average Bonchev–Trinajstić information content (AvgIpc) is 2.55. The number of carbonyl (C=O) groups is 1. The van der Waals surface area contributed by atoms with E-state index in [2.05, 4.69) is 45.2 Å². The SMILES string of the molecule is Cc1cc(S(=O)(=O)[O-])c(C(C)C)cc1OCC(=O)Oc1ccc(I)cc1I. The minimum atomic E-state index is -4.60. The third kappa shape index (κ3) is 6.03. The molecule has 146 valence electrons. The van der Waals surface area contributed by atoms with Crippen LogP contribution in [-0.4, -0.2) is 25.5 Å². The van der Waals surface area contributed by atoms with Gasteiger partial charge in [0.25, 0.3) is 0 Å². The zero-order chi connectivity index (χ0) is 20.4. The summed E-state index contributed by atoms with van der Waals surface area (Å²) in [5.41, 5.74) is 0.802. The highest BCUT2D eigenvalue weighted by Crippen LogP contribution is 2.31. The predicted octanol–water partition coefficient (Wildman–Crippen LogP) is 4.22. The fourth-order valence-corrected chi connectivity index (χ4v) is 4.96. The van der Waals surface area contributed by atoms with E-state index in [0.29, 0.717) is 22.6 Å². The zero-order valence-corrected chi connectivity index (χ0v) is 19.9. The summed E-state index contributed by atoms with van der Waals surface area (Å²) in [6.45, 7) is 4.82. The Hall–Kier alpha value is -0.920. The lowest BCUT2D eigenvalue weighted by atomic mass is 10.0. The van der Waals surface area contributed by atoms with Crippen LogP contribution in [0.5, 0.6) is 11.5 Å². The van der Waals surface area contributed by atoms with E-state index >= 15 is 0 Å². The number of hydrogen-bond donors (Lipinski definition) is 0. The van der Waals surface area contributed by atoms with Gasteiger partial charge in [0.1, 0.15) is 21.6 Å². The normalized spacial score (nSPS) is 11.5. The molecule has 0 atom stereocenters. The van der Waals surface area contributed by atoms with Crippen LogP contribution in [0, 0.1) is 14.1 Å². The highest BCUT2D eigenvalue weighted by Gasteiger charge is 2.17. The Morgan fingerprint density at radius 3 is 2.37 bits per heavy atom. The molecule has 2 rings (SSSR count). The third-order valence-electron chi connectivity index (χ3n) is 3.66. The maximum absolute atomic E-state index is 12.1. The Bertz CT molecular complexity index is 970. The topological polar surface area (TPSA) is 92.7 Å². The number of rotatable bonds is 6. The van der Waals surface area contributed by atoms with Crippen LogP contribution in [-0.2, 0) is 14.9 Å². The largest absolute Gasteiger partial charge is 0.744 e. The number of esters is 1. The van der Waals surface area contributed by atoms with Crippen LogP contribution < -0.4 is 9.47 Å². The summed E-state index contributed by atoms with van der Waals surface area (Å²) in [5.74, 6) is -0.00972. The molecule has 0 N–H and O–H groups in total. The molecule has 0 heterocycles. The minimum Gasteiger partial charge on any atom is -0.744 e. The van der Waals surface area contributed by atoms with Gasteiger partial charge in [-0.05, 0) is 99.5 Å². The maximum Gasteiger partial charge on any atom is 0.349 e. The molecule has 0 aromatic heterocycles. The van der Waals surface area contributed by atoms with E-state index in [1.165, 1.54) is 12.1 Å². The second-order valence-electron chi connectivity index (χ2n) is 6.10. The summed E-state index contributed by atoms with van der Waals surface area (Å²) >= 11 is 4.24. The number of hydrogen-bond acceptors (Lipinski definition) is 6. The monoisotopic (exact) mass is 615 g/mol. The van der Waals surface area contributed by atoms with Gasteiger partial charge in [-0.2, -0.15) is 0 Å². The first kappa shape index (κ1) is 22.4. The molecule has 2 aromatic carbocycles. The molecule has 0 radical (unpaired) electrons. The van der Waals surface area contributed by atoms with E-state index in [1.54, 1.807) is 26.8 Å². The lowest BCUT2D eigenvalue weighted by Crippen LogP contribution is -2.19. The predicted molar refractivity (Wildman–Crippen MR) is 116 cm³/mol. The highest BCUT2D eigenvalue weighted by molar-refractivity contribution is 14.1. The molecule has 0 aliphatic carbocycles. The Labute approximate surface area is 185 Å². The quantitative estimate of drug-likeness (QED) is 0.209. The molecule has 0 spiro atoms. The van der Waals surface area contributed by atoms with Gasteiger partial charge in [-0.1, -0.05) is 13.8 Å². The smallest absolute Gasteiger partial charge is 0.349 e. The molecular formula is C18H17I2O6S-. The fraction of sp³-hybridized carbons (Fsp3) is 0.278. The number of aryl methyl sites for hydroxylation is 1. The van der Waals surface area contributed by atoms with Crippen molar-refractivity contribution in [1.29, 1.82) is 0 Å². The lowest BCUT2D eigenvalue weighted by molar-refractivity contribution is -0.136. The van der Waals surface area contributed by atoms with E-state index in [1.807, 2.05) is 12.1 Å². The van der Waals surface area contributed by atoms with Gasteiger partial charge in [0.15, 0.2) is 6.61 Å². The first-order valence-electron chi connectivity index (χ1n) is 7.88. The van der Waals surface area contributed by atoms with Gasteiger partial charge >= 0.3 is 5.97 Å². The van der Waals surface area contributed by atoms with Crippen LogP contribution in [0.15, 0.2) is 35.2 Å². The van der Waals surface area contributed by atoms with Gasteiger partial charge in [0, 0.05) is 3.57 Å². The molecule has 6 nitrogen and oxygen atoms in total. The first-order chi connectivity index (χ1) is 12.5. The average molecular weight is 615 g/mol. The Morgan fingerprint density at radius 2 is 1.81 bits per heavy atom. The van der Waals surface area contributed by atoms with E-state index in [0.717, 1.165) is 7.14 Å². The van der Waals surface area contributed by atoms with Crippen LogP contribution >= 0.6 is 45.2 Å². The molecule has 0 saturated heterocycles. The Kier molecular flexibility index (Phi) is 7.50. The molecule has 2 aromatic rings. The van der Waals surface area contributed by atoms with Gasteiger partial charge in [0.2, 0.25) is 0 Å². The number of carbonyl (C=O) groups excluding carboxylic acids is 1. The molecule has 9 heteroatoms. The number of benzene rings is 2. The van der Waals surface area contributed by atoms with Crippen LogP contribution in [0.4, 0.5) is 0 Å². The molecule has 0 saturated carbocycles. The van der Waals surface area contributed by atoms with Gasteiger partial charge in [-0.25, -0.2) is 13.2 Å². The number of ether oxygens (including phenoxy) is 2. The van der Waals surface area contributed by atoms with Crippen LogP contribution in [0.3, 0.4) is 0 Å². The van der Waals surface area contributed by atoms with Crippen LogP contribution in [0.25, 0.3) is 0 Å². The van der Waals surface area contributed by atoms with Crippen LogP contribution in [0.2, 0.25) is 0 Å². The van der Waals surface area contributed by atoms with Crippen molar-refractivity contribution in [3.63, 3.8) is 0 Å². The lowest BCUT2D eigenvalue weighted by Gasteiger charge is -2.19. The summed E-state index contributed by atoms with van der Waals surface area (Å²) in [4.78, 5) is 11.8. The molecule has 0 aliphatic rings. The van der Waals surface area contributed by atoms with Gasteiger partial charge in [-0.15, -0.1) is 0 Å². The highest BCUT2D eigenvalue weighted by atomic mass is 127.